The van der Waals surface area contributed by atoms with Gasteiger partial charge in [0.15, 0.2) is 0 Å². The van der Waals surface area contributed by atoms with Gasteiger partial charge in [0.05, 0.1) is 12.7 Å². The minimum absolute atomic E-state index is 0.0574. The predicted octanol–water partition coefficient (Wildman–Crippen LogP) is 0.732. The van der Waals surface area contributed by atoms with Gasteiger partial charge in [0.25, 0.3) is 11.8 Å². The van der Waals surface area contributed by atoms with E-state index in [-0.39, 0.29) is 18.0 Å². The molecule has 0 spiro atoms. The van der Waals surface area contributed by atoms with Gasteiger partial charge in [0, 0.05) is 18.0 Å². The van der Waals surface area contributed by atoms with Gasteiger partial charge in [-0.15, -0.1) is 0 Å². The fourth-order valence-corrected chi connectivity index (χ4v) is 2.31. The van der Waals surface area contributed by atoms with Crippen molar-refractivity contribution in [1.29, 1.82) is 0 Å². The van der Waals surface area contributed by atoms with E-state index in [2.05, 4.69) is 10.9 Å². The highest BCUT2D eigenvalue weighted by Gasteiger charge is 2.22. The summed E-state index contributed by atoms with van der Waals surface area (Å²) in [5.74, 6) is -0.742. The van der Waals surface area contributed by atoms with E-state index >= 15 is 0 Å². The molecule has 0 aliphatic carbocycles. The van der Waals surface area contributed by atoms with Crippen LogP contribution in [0, 0.1) is 0 Å². The molecule has 2 N–H and O–H groups in total. The van der Waals surface area contributed by atoms with Crippen LogP contribution in [0.15, 0.2) is 18.2 Å². The first-order valence-electron chi connectivity index (χ1n) is 6.71. The number of hydrazine groups is 1. The Kier molecular flexibility index (Phi) is 5.21. The van der Waals surface area contributed by atoms with E-state index in [0.29, 0.717) is 23.7 Å². The Morgan fingerprint density at radius 3 is 2.77 bits per heavy atom. The number of amides is 3. The average molecular weight is 326 g/mol. The molecule has 1 aromatic rings. The lowest BCUT2D eigenvalue weighted by molar-refractivity contribution is -0.133. The molecule has 1 aliphatic rings. The van der Waals surface area contributed by atoms with Crippen LogP contribution in [0.3, 0.4) is 0 Å². The highest BCUT2D eigenvalue weighted by Crippen LogP contribution is 2.22. The zero-order valence-corrected chi connectivity index (χ0v) is 12.8. The Labute approximate surface area is 132 Å². The number of hydrogen-bond acceptors (Lipinski definition) is 4. The number of nitrogens with one attached hydrogen (secondary N) is 2. The molecule has 8 heteroatoms. The van der Waals surface area contributed by atoms with E-state index in [4.69, 9.17) is 16.3 Å². The zero-order chi connectivity index (χ0) is 16.1. The molecule has 1 aromatic carbocycles. The topological polar surface area (TPSA) is 87.7 Å². The molecule has 118 valence electrons. The summed E-state index contributed by atoms with van der Waals surface area (Å²) in [6.45, 7) is 0.480. The summed E-state index contributed by atoms with van der Waals surface area (Å²) < 4.78 is 5.06. The van der Waals surface area contributed by atoms with Gasteiger partial charge in [-0.25, -0.2) is 0 Å². The van der Waals surface area contributed by atoms with Crippen molar-refractivity contribution in [1.82, 2.24) is 15.8 Å². The fraction of sp³-hybridized carbons (Fsp3) is 0.357. The van der Waals surface area contributed by atoms with Crippen molar-refractivity contribution in [3.63, 3.8) is 0 Å². The molecule has 22 heavy (non-hydrogen) atoms. The second kappa shape index (κ2) is 7.13. The second-order valence-electron chi connectivity index (χ2n) is 4.77. The van der Waals surface area contributed by atoms with Crippen LogP contribution < -0.4 is 15.6 Å². The van der Waals surface area contributed by atoms with Crippen molar-refractivity contribution in [2.45, 2.75) is 12.8 Å². The highest BCUT2D eigenvalue weighted by atomic mass is 35.5. The van der Waals surface area contributed by atoms with E-state index in [9.17, 15) is 14.4 Å². The normalized spacial score (nSPS) is 13.9. The number of benzene rings is 1. The van der Waals surface area contributed by atoms with E-state index < -0.39 is 11.8 Å². The van der Waals surface area contributed by atoms with Crippen LogP contribution in [0.4, 0.5) is 0 Å². The first-order valence-corrected chi connectivity index (χ1v) is 7.09. The van der Waals surface area contributed by atoms with Crippen LogP contribution in [-0.2, 0) is 9.59 Å². The average Bonchev–Trinajstić information content (AvgIpc) is 2.90. The summed E-state index contributed by atoms with van der Waals surface area (Å²) in [7, 11) is 1.43. The lowest BCUT2D eigenvalue weighted by Crippen LogP contribution is -2.46. The number of rotatable bonds is 4. The van der Waals surface area contributed by atoms with E-state index in [1.807, 2.05) is 0 Å². The quantitative estimate of drug-likeness (QED) is 0.799. The van der Waals surface area contributed by atoms with Gasteiger partial charge in [0.2, 0.25) is 5.91 Å². The third-order valence-electron chi connectivity index (χ3n) is 3.23. The number of carbonyl (C=O) groups is 3. The molecule has 0 saturated carbocycles. The summed E-state index contributed by atoms with van der Waals surface area (Å²) in [6, 6.07) is 4.59. The molecule has 0 atom stereocenters. The molecule has 3 amide bonds. The Balaban J connectivity index is 1.91. The van der Waals surface area contributed by atoms with Crippen molar-refractivity contribution in [3.8, 4) is 5.75 Å². The number of methoxy groups -OCH3 is 1. The van der Waals surface area contributed by atoms with Crippen molar-refractivity contribution >= 4 is 29.3 Å². The third-order valence-corrected chi connectivity index (χ3v) is 3.46. The summed E-state index contributed by atoms with van der Waals surface area (Å²) in [4.78, 5) is 36.6. The van der Waals surface area contributed by atoms with E-state index in [1.165, 1.54) is 18.1 Å². The lowest BCUT2D eigenvalue weighted by atomic mass is 10.2. The predicted molar refractivity (Wildman–Crippen MR) is 79.4 cm³/mol. The maximum Gasteiger partial charge on any atom is 0.273 e. The second-order valence-corrected chi connectivity index (χ2v) is 5.20. The van der Waals surface area contributed by atoms with Gasteiger partial charge < -0.3 is 9.64 Å². The first kappa shape index (κ1) is 16.1. The maximum atomic E-state index is 12.0. The van der Waals surface area contributed by atoms with Gasteiger partial charge in [-0.05, 0) is 24.6 Å². The van der Waals surface area contributed by atoms with Crippen molar-refractivity contribution < 1.29 is 19.1 Å². The first-order chi connectivity index (χ1) is 10.5. The van der Waals surface area contributed by atoms with Gasteiger partial charge in [0.1, 0.15) is 12.3 Å². The fourth-order valence-electron chi connectivity index (χ4n) is 2.14. The molecule has 0 bridgehead atoms. The molecular weight excluding hydrogens is 310 g/mol. The lowest BCUT2D eigenvalue weighted by Gasteiger charge is -2.15. The highest BCUT2D eigenvalue weighted by molar-refractivity contribution is 6.31. The van der Waals surface area contributed by atoms with Crippen LogP contribution in [0.5, 0.6) is 5.75 Å². The molecule has 1 fully saturated rings. The van der Waals surface area contributed by atoms with Crippen molar-refractivity contribution in [2.24, 2.45) is 0 Å². The Hall–Kier alpha value is -2.28. The van der Waals surface area contributed by atoms with E-state index in [1.54, 1.807) is 12.1 Å². The number of hydrogen-bond donors (Lipinski definition) is 2. The maximum absolute atomic E-state index is 12.0. The standard InChI is InChI=1S/C14H16ClN3O4/c1-22-11-5-4-9(15)7-10(11)14(21)17-16-12(19)8-18-6-2-3-13(18)20/h4-5,7H,2-3,6,8H2,1H3,(H,16,19)(H,17,21). The number of ether oxygens (including phenoxy) is 1. The number of likely N-dealkylation sites (tertiary alicyclic amines) is 1. The largest absolute Gasteiger partial charge is 0.496 e. The Bertz CT molecular complexity index is 606. The molecule has 0 aromatic heterocycles. The molecule has 0 unspecified atom stereocenters. The van der Waals surface area contributed by atoms with Gasteiger partial charge in [-0.1, -0.05) is 11.6 Å². The monoisotopic (exact) mass is 325 g/mol. The number of nitrogens with zero attached hydrogens (tertiary/aromatic N) is 1. The zero-order valence-electron chi connectivity index (χ0n) is 12.0. The summed E-state index contributed by atoms with van der Waals surface area (Å²) in [5, 5.41) is 0.375. The molecule has 1 saturated heterocycles. The number of halogens is 1. The Morgan fingerprint density at radius 1 is 1.36 bits per heavy atom. The molecule has 7 nitrogen and oxygen atoms in total. The van der Waals surface area contributed by atoms with Gasteiger partial charge >= 0.3 is 0 Å². The van der Waals surface area contributed by atoms with Crippen molar-refractivity contribution in [2.75, 3.05) is 20.2 Å². The van der Waals surface area contributed by atoms with E-state index in [0.717, 1.165) is 6.42 Å². The minimum Gasteiger partial charge on any atom is -0.496 e. The molecule has 2 rings (SSSR count). The molecular formula is C14H16ClN3O4. The summed E-state index contributed by atoms with van der Waals surface area (Å²) in [5.41, 5.74) is 4.74. The summed E-state index contributed by atoms with van der Waals surface area (Å²) >= 11 is 5.84. The van der Waals surface area contributed by atoms with Crippen LogP contribution in [0.2, 0.25) is 5.02 Å². The van der Waals surface area contributed by atoms with Crippen molar-refractivity contribution in [3.05, 3.63) is 28.8 Å². The molecule has 1 aliphatic heterocycles. The SMILES string of the molecule is COc1ccc(Cl)cc1C(=O)NNC(=O)CN1CCCC1=O. The van der Waals surface area contributed by atoms with Crippen LogP contribution >= 0.6 is 11.6 Å². The molecule has 0 radical (unpaired) electrons. The number of carbonyl (C=O) groups excluding carboxylic acids is 3. The molecule has 1 heterocycles. The smallest absolute Gasteiger partial charge is 0.273 e. The summed E-state index contributed by atoms with van der Waals surface area (Å²) in [6.07, 6.45) is 1.21. The van der Waals surface area contributed by atoms with Gasteiger partial charge in [-0.2, -0.15) is 0 Å². The van der Waals surface area contributed by atoms with Crippen LogP contribution in [0.1, 0.15) is 23.2 Å². The minimum atomic E-state index is -0.555. The van der Waals surface area contributed by atoms with Crippen LogP contribution in [0.25, 0.3) is 0 Å². The van der Waals surface area contributed by atoms with Gasteiger partial charge in [-0.3, -0.25) is 25.2 Å². The third kappa shape index (κ3) is 3.88. The Morgan fingerprint density at radius 2 is 2.14 bits per heavy atom. The van der Waals surface area contributed by atoms with Crippen LogP contribution in [-0.4, -0.2) is 42.8 Å².